The van der Waals surface area contributed by atoms with E-state index in [9.17, 15) is 4.79 Å². The molecule has 1 aliphatic carbocycles. The molecule has 4 nitrogen and oxygen atoms in total. The van der Waals surface area contributed by atoms with Crippen LogP contribution in [0.1, 0.15) is 17.9 Å². The first-order chi connectivity index (χ1) is 9.63. The van der Waals surface area contributed by atoms with Crippen LogP contribution in [-0.4, -0.2) is 10.9 Å². The van der Waals surface area contributed by atoms with Gasteiger partial charge < -0.3 is 11.1 Å². The Morgan fingerprint density at radius 1 is 1.35 bits per heavy atom. The first-order valence-electron chi connectivity index (χ1n) is 6.40. The van der Waals surface area contributed by atoms with Gasteiger partial charge in [0.2, 0.25) is 5.91 Å². The van der Waals surface area contributed by atoms with E-state index in [1.54, 1.807) is 18.5 Å². The number of amides is 1. The number of nitrogen functional groups attached to an aromatic ring is 1. The molecule has 3 N–H and O–H groups in total. The van der Waals surface area contributed by atoms with E-state index >= 15 is 0 Å². The topological polar surface area (TPSA) is 68.0 Å². The highest BCUT2D eigenvalue weighted by Gasteiger charge is 2.43. The molecule has 0 bridgehead atoms. The van der Waals surface area contributed by atoms with Gasteiger partial charge in [-0.15, -0.1) is 0 Å². The number of carbonyl (C=O) groups excluding carboxylic acids is 1. The van der Waals surface area contributed by atoms with Crippen LogP contribution in [0.3, 0.4) is 0 Å². The lowest BCUT2D eigenvalue weighted by molar-refractivity contribution is -0.117. The normalized spacial score (nSPS) is 20.4. The number of hydrogen-bond donors (Lipinski definition) is 2. The molecule has 1 fully saturated rings. The van der Waals surface area contributed by atoms with E-state index in [0.29, 0.717) is 16.4 Å². The molecular weight excluding hydrogens is 274 g/mol. The monoisotopic (exact) mass is 287 g/mol. The largest absolute Gasteiger partial charge is 0.397 e. The SMILES string of the molecule is Nc1cncc(NC(=O)[C@H]2C[C@@H]2c2cccc(Cl)c2)c1. The lowest BCUT2D eigenvalue weighted by atomic mass is 10.1. The molecule has 2 aromatic rings. The minimum Gasteiger partial charge on any atom is -0.397 e. The number of hydrogen-bond acceptors (Lipinski definition) is 3. The van der Waals surface area contributed by atoms with Gasteiger partial charge in [-0.05, 0) is 36.1 Å². The van der Waals surface area contributed by atoms with Crippen molar-refractivity contribution in [3.8, 4) is 0 Å². The van der Waals surface area contributed by atoms with E-state index < -0.39 is 0 Å². The van der Waals surface area contributed by atoms with E-state index in [2.05, 4.69) is 10.3 Å². The molecule has 2 atom stereocenters. The summed E-state index contributed by atoms with van der Waals surface area (Å²) in [4.78, 5) is 16.1. The predicted octanol–water partition coefficient (Wildman–Crippen LogP) is 3.06. The van der Waals surface area contributed by atoms with Crippen molar-refractivity contribution in [2.75, 3.05) is 11.1 Å². The molecule has 0 saturated heterocycles. The molecular formula is C15H14ClN3O. The maximum absolute atomic E-state index is 12.1. The number of nitrogens with zero attached hydrogens (tertiary/aromatic N) is 1. The van der Waals surface area contributed by atoms with Crippen LogP contribution < -0.4 is 11.1 Å². The molecule has 3 rings (SSSR count). The number of nitrogens with one attached hydrogen (secondary N) is 1. The molecule has 1 aromatic carbocycles. The van der Waals surface area contributed by atoms with Crippen LogP contribution in [0.2, 0.25) is 5.02 Å². The van der Waals surface area contributed by atoms with Gasteiger partial charge in [-0.2, -0.15) is 0 Å². The third-order valence-corrected chi connectivity index (χ3v) is 3.67. The quantitative estimate of drug-likeness (QED) is 0.911. The summed E-state index contributed by atoms with van der Waals surface area (Å²) in [7, 11) is 0. The average molecular weight is 288 g/mol. The smallest absolute Gasteiger partial charge is 0.228 e. The number of benzene rings is 1. The first-order valence-corrected chi connectivity index (χ1v) is 6.78. The van der Waals surface area contributed by atoms with Crippen LogP contribution in [0, 0.1) is 5.92 Å². The van der Waals surface area contributed by atoms with Gasteiger partial charge in [0, 0.05) is 17.1 Å². The van der Waals surface area contributed by atoms with Crippen LogP contribution in [0.15, 0.2) is 42.7 Å². The van der Waals surface area contributed by atoms with E-state index in [0.717, 1.165) is 12.0 Å². The van der Waals surface area contributed by atoms with E-state index in [-0.39, 0.29) is 17.7 Å². The Morgan fingerprint density at radius 2 is 2.20 bits per heavy atom. The summed E-state index contributed by atoms with van der Waals surface area (Å²) in [5.41, 5.74) is 7.91. The summed E-state index contributed by atoms with van der Waals surface area (Å²) in [5, 5.41) is 3.55. The van der Waals surface area contributed by atoms with Gasteiger partial charge in [-0.1, -0.05) is 23.7 Å². The van der Waals surface area contributed by atoms with Crippen LogP contribution in [0.5, 0.6) is 0 Å². The van der Waals surface area contributed by atoms with Crippen molar-refractivity contribution in [2.24, 2.45) is 5.92 Å². The van der Waals surface area contributed by atoms with Gasteiger partial charge in [-0.25, -0.2) is 0 Å². The lowest BCUT2D eigenvalue weighted by Gasteiger charge is -2.05. The fraction of sp³-hybridized carbons (Fsp3) is 0.200. The van der Waals surface area contributed by atoms with Gasteiger partial charge in [0.1, 0.15) is 0 Å². The predicted molar refractivity (Wildman–Crippen MR) is 79.6 cm³/mol. The van der Waals surface area contributed by atoms with Crippen molar-refractivity contribution in [1.29, 1.82) is 0 Å². The zero-order chi connectivity index (χ0) is 14.1. The summed E-state index contributed by atoms with van der Waals surface area (Å²) in [5.74, 6) is 0.250. The van der Waals surface area contributed by atoms with E-state index in [4.69, 9.17) is 17.3 Å². The highest BCUT2D eigenvalue weighted by molar-refractivity contribution is 6.30. The second-order valence-corrected chi connectivity index (χ2v) is 5.44. The third kappa shape index (κ3) is 2.75. The molecule has 0 unspecified atom stereocenters. The summed E-state index contributed by atoms with van der Waals surface area (Å²) < 4.78 is 0. The molecule has 102 valence electrons. The Labute approximate surface area is 122 Å². The van der Waals surface area contributed by atoms with Crippen molar-refractivity contribution >= 4 is 28.9 Å². The second kappa shape index (κ2) is 5.13. The average Bonchev–Trinajstić information content (AvgIpc) is 3.19. The molecule has 20 heavy (non-hydrogen) atoms. The van der Waals surface area contributed by atoms with Gasteiger partial charge in [0.25, 0.3) is 0 Å². The van der Waals surface area contributed by atoms with Crippen LogP contribution >= 0.6 is 11.6 Å². The molecule has 1 heterocycles. The first kappa shape index (κ1) is 12.9. The highest BCUT2D eigenvalue weighted by Crippen LogP contribution is 2.48. The Morgan fingerprint density at radius 3 is 2.95 bits per heavy atom. The van der Waals surface area contributed by atoms with Gasteiger partial charge in [0.15, 0.2) is 0 Å². The Kier molecular flexibility index (Phi) is 3.32. The zero-order valence-corrected chi connectivity index (χ0v) is 11.5. The van der Waals surface area contributed by atoms with Gasteiger partial charge in [0.05, 0.1) is 17.6 Å². The second-order valence-electron chi connectivity index (χ2n) is 5.00. The summed E-state index contributed by atoms with van der Waals surface area (Å²) in [6, 6.07) is 9.36. The molecule has 1 amide bonds. The molecule has 0 radical (unpaired) electrons. The zero-order valence-electron chi connectivity index (χ0n) is 10.7. The number of anilines is 2. The summed E-state index contributed by atoms with van der Waals surface area (Å²) in [6.45, 7) is 0. The molecule has 1 aromatic heterocycles. The number of halogens is 1. The highest BCUT2D eigenvalue weighted by atomic mass is 35.5. The van der Waals surface area contributed by atoms with Crippen molar-refractivity contribution in [2.45, 2.75) is 12.3 Å². The summed E-state index contributed by atoms with van der Waals surface area (Å²) >= 11 is 5.97. The molecule has 1 aliphatic rings. The number of aromatic nitrogens is 1. The third-order valence-electron chi connectivity index (χ3n) is 3.43. The minimum absolute atomic E-state index is 0.00220. The molecule has 0 spiro atoms. The lowest BCUT2D eigenvalue weighted by Crippen LogP contribution is -2.14. The number of nitrogens with two attached hydrogens (primary N) is 1. The molecule has 0 aliphatic heterocycles. The number of rotatable bonds is 3. The van der Waals surface area contributed by atoms with Crippen molar-refractivity contribution in [3.05, 3.63) is 53.3 Å². The fourth-order valence-corrected chi connectivity index (χ4v) is 2.55. The van der Waals surface area contributed by atoms with Gasteiger partial charge in [-0.3, -0.25) is 9.78 Å². The Bertz CT molecular complexity index is 659. The van der Waals surface area contributed by atoms with Crippen LogP contribution in [0.25, 0.3) is 0 Å². The van der Waals surface area contributed by atoms with E-state index in [1.807, 2.05) is 24.3 Å². The van der Waals surface area contributed by atoms with Gasteiger partial charge >= 0.3 is 0 Å². The number of carbonyl (C=O) groups is 1. The summed E-state index contributed by atoms with van der Waals surface area (Å²) in [6.07, 6.45) is 3.98. The van der Waals surface area contributed by atoms with Crippen molar-refractivity contribution < 1.29 is 4.79 Å². The van der Waals surface area contributed by atoms with Crippen LogP contribution in [-0.2, 0) is 4.79 Å². The number of pyridine rings is 1. The van der Waals surface area contributed by atoms with E-state index in [1.165, 1.54) is 0 Å². The standard InChI is InChI=1S/C15H14ClN3O/c16-10-3-1-2-9(4-10)13-6-14(13)15(20)19-12-5-11(17)7-18-8-12/h1-5,7-8,13-14H,6,17H2,(H,19,20)/t13-,14+/m1/s1. The fourth-order valence-electron chi connectivity index (χ4n) is 2.35. The van der Waals surface area contributed by atoms with Crippen LogP contribution in [0.4, 0.5) is 11.4 Å². The Hall–Kier alpha value is -2.07. The Balaban J connectivity index is 1.66. The minimum atomic E-state index is -0.00472. The molecule has 5 heteroatoms. The maximum Gasteiger partial charge on any atom is 0.228 e. The maximum atomic E-state index is 12.1. The van der Waals surface area contributed by atoms with Crippen molar-refractivity contribution in [3.63, 3.8) is 0 Å². The molecule has 1 saturated carbocycles. The van der Waals surface area contributed by atoms with Crippen molar-refractivity contribution in [1.82, 2.24) is 4.98 Å².